The van der Waals surface area contributed by atoms with E-state index in [1.807, 2.05) is 24.3 Å². The number of hydrogen-bond donors (Lipinski definition) is 1. The van der Waals surface area contributed by atoms with Crippen LogP contribution in [-0.2, 0) is 23.4 Å². The highest BCUT2D eigenvalue weighted by Gasteiger charge is 2.16. The first-order chi connectivity index (χ1) is 12.6. The van der Waals surface area contributed by atoms with E-state index in [2.05, 4.69) is 29.6 Å². The highest BCUT2D eigenvalue weighted by molar-refractivity contribution is 7.99. The van der Waals surface area contributed by atoms with Crippen LogP contribution >= 0.6 is 35.0 Å². The molecule has 0 aromatic heterocycles. The molecule has 1 aliphatic carbocycles. The molecule has 3 aromatic carbocycles. The molecule has 132 valence electrons. The van der Waals surface area contributed by atoms with Crippen molar-refractivity contribution >= 4 is 57.3 Å². The van der Waals surface area contributed by atoms with Gasteiger partial charge in [0, 0.05) is 26.9 Å². The second-order valence-corrected chi connectivity index (χ2v) is 8.15. The van der Waals surface area contributed by atoms with Crippen molar-refractivity contribution in [3.63, 3.8) is 0 Å². The zero-order chi connectivity index (χ0) is 18.1. The van der Waals surface area contributed by atoms with Crippen LogP contribution in [-0.4, -0.2) is 11.7 Å². The minimum atomic E-state index is -0.0168. The highest BCUT2D eigenvalue weighted by atomic mass is 35.5. The molecular weight excluding hydrogens is 385 g/mol. The van der Waals surface area contributed by atoms with Crippen LogP contribution in [0.15, 0.2) is 48.5 Å². The standard InChI is InChI=1S/C21H17Cl2NOS/c22-17-5-2-6-18(23)16(17)11-26-12-20(25)24-19-10-9-14-8-7-13-3-1-4-15(19)21(13)14/h1-6,9-10H,7-8,11-12H2,(H,24,25). The normalized spacial score (nSPS) is 12.5. The maximum Gasteiger partial charge on any atom is 0.234 e. The Labute approximate surface area is 166 Å². The van der Waals surface area contributed by atoms with Crippen molar-refractivity contribution in [3.8, 4) is 0 Å². The SMILES string of the molecule is O=C(CSCc1c(Cl)cccc1Cl)Nc1ccc2c3c(cccc13)CC2. The van der Waals surface area contributed by atoms with Gasteiger partial charge in [-0.2, -0.15) is 0 Å². The molecule has 0 atom stereocenters. The van der Waals surface area contributed by atoms with Crippen LogP contribution in [0.25, 0.3) is 10.8 Å². The Bertz CT molecular complexity index is 972. The summed E-state index contributed by atoms with van der Waals surface area (Å²) in [6, 6.07) is 15.9. The van der Waals surface area contributed by atoms with Gasteiger partial charge in [-0.05, 0) is 53.1 Å². The molecule has 0 fully saturated rings. The van der Waals surface area contributed by atoms with E-state index in [1.165, 1.54) is 28.3 Å². The summed E-state index contributed by atoms with van der Waals surface area (Å²) in [4.78, 5) is 12.4. The number of hydrogen-bond acceptors (Lipinski definition) is 2. The minimum Gasteiger partial charge on any atom is -0.325 e. The molecule has 3 aromatic rings. The zero-order valence-electron chi connectivity index (χ0n) is 14.0. The maximum absolute atomic E-state index is 12.4. The summed E-state index contributed by atoms with van der Waals surface area (Å²) in [5, 5.41) is 6.77. The van der Waals surface area contributed by atoms with Gasteiger partial charge in [-0.25, -0.2) is 0 Å². The predicted molar refractivity (Wildman–Crippen MR) is 113 cm³/mol. The fourth-order valence-electron chi connectivity index (χ4n) is 3.46. The first-order valence-corrected chi connectivity index (χ1v) is 10.4. The Balaban J connectivity index is 1.44. The van der Waals surface area contributed by atoms with E-state index in [-0.39, 0.29) is 5.91 Å². The van der Waals surface area contributed by atoms with E-state index < -0.39 is 0 Å². The maximum atomic E-state index is 12.4. The van der Waals surface area contributed by atoms with Gasteiger partial charge in [0.15, 0.2) is 0 Å². The van der Waals surface area contributed by atoms with Crippen molar-refractivity contribution in [3.05, 3.63) is 75.3 Å². The molecule has 0 saturated carbocycles. The number of nitrogens with one attached hydrogen (secondary N) is 1. The Morgan fingerprint density at radius 3 is 2.42 bits per heavy atom. The Morgan fingerprint density at radius 2 is 1.65 bits per heavy atom. The smallest absolute Gasteiger partial charge is 0.234 e. The molecule has 4 rings (SSSR count). The largest absolute Gasteiger partial charge is 0.325 e. The molecule has 0 heterocycles. The van der Waals surface area contributed by atoms with E-state index in [1.54, 1.807) is 0 Å². The molecule has 0 saturated heterocycles. The van der Waals surface area contributed by atoms with Crippen LogP contribution in [0.1, 0.15) is 16.7 Å². The van der Waals surface area contributed by atoms with Crippen molar-refractivity contribution in [2.24, 2.45) is 0 Å². The zero-order valence-corrected chi connectivity index (χ0v) is 16.3. The summed E-state index contributed by atoms with van der Waals surface area (Å²) in [6.07, 6.45) is 2.16. The number of thioether (sulfide) groups is 1. The molecule has 1 aliphatic rings. The molecule has 2 nitrogen and oxygen atoms in total. The number of halogens is 2. The first-order valence-electron chi connectivity index (χ1n) is 8.47. The molecule has 1 amide bonds. The van der Waals surface area contributed by atoms with Crippen LogP contribution < -0.4 is 5.32 Å². The predicted octanol–water partition coefficient (Wildman–Crippen LogP) is 6.12. The van der Waals surface area contributed by atoms with E-state index in [0.29, 0.717) is 21.6 Å². The monoisotopic (exact) mass is 401 g/mol. The van der Waals surface area contributed by atoms with Gasteiger partial charge in [0.25, 0.3) is 0 Å². The van der Waals surface area contributed by atoms with Gasteiger partial charge < -0.3 is 5.32 Å². The molecule has 0 aliphatic heterocycles. The average molecular weight is 402 g/mol. The van der Waals surface area contributed by atoms with Crippen LogP contribution in [0.3, 0.4) is 0 Å². The molecule has 5 heteroatoms. The number of carbonyl (C=O) groups excluding carboxylic acids is 1. The Kier molecular flexibility index (Phi) is 5.12. The molecule has 0 radical (unpaired) electrons. The van der Waals surface area contributed by atoms with Crippen molar-refractivity contribution in [2.45, 2.75) is 18.6 Å². The van der Waals surface area contributed by atoms with Crippen molar-refractivity contribution in [1.82, 2.24) is 0 Å². The fourth-order valence-corrected chi connectivity index (χ4v) is 5.02. The van der Waals surface area contributed by atoms with Crippen LogP contribution in [0.5, 0.6) is 0 Å². The van der Waals surface area contributed by atoms with Gasteiger partial charge >= 0.3 is 0 Å². The number of carbonyl (C=O) groups is 1. The van der Waals surface area contributed by atoms with Crippen molar-refractivity contribution in [2.75, 3.05) is 11.1 Å². The average Bonchev–Trinajstić information content (AvgIpc) is 3.05. The lowest BCUT2D eigenvalue weighted by atomic mass is 10.0. The lowest BCUT2D eigenvalue weighted by Crippen LogP contribution is -2.14. The highest BCUT2D eigenvalue weighted by Crippen LogP contribution is 2.35. The van der Waals surface area contributed by atoms with Crippen LogP contribution in [0.2, 0.25) is 10.0 Å². The van der Waals surface area contributed by atoms with Crippen molar-refractivity contribution in [1.29, 1.82) is 0 Å². The Morgan fingerprint density at radius 1 is 0.962 bits per heavy atom. The number of anilines is 1. The van der Waals surface area contributed by atoms with Gasteiger partial charge in [0.05, 0.1) is 5.75 Å². The number of benzene rings is 3. The molecule has 1 N–H and O–H groups in total. The fraction of sp³-hybridized carbons (Fsp3) is 0.190. The third-order valence-electron chi connectivity index (χ3n) is 4.69. The van der Waals surface area contributed by atoms with E-state index in [0.717, 1.165) is 29.5 Å². The van der Waals surface area contributed by atoms with Gasteiger partial charge in [0.1, 0.15) is 0 Å². The third-order valence-corrected chi connectivity index (χ3v) is 6.36. The minimum absolute atomic E-state index is 0.0168. The summed E-state index contributed by atoms with van der Waals surface area (Å²) in [6.45, 7) is 0. The summed E-state index contributed by atoms with van der Waals surface area (Å²) >= 11 is 13.9. The van der Waals surface area contributed by atoms with Gasteiger partial charge in [-0.3, -0.25) is 4.79 Å². The molecule has 0 spiro atoms. The Hall–Kier alpha value is -1.68. The molecule has 0 bridgehead atoms. The molecular formula is C21H17Cl2NOS. The van der Waals surface area contributed by atoms with Crippen LogP contribution in [0, 0.1) is 0 Å². The van der Waals surface area contributed by atoms with E-state index >= 15 is 0 Å². The first kappa shape index (κ1) is 17.7. The van der Waals surface area contributed by atoms with E-state index in [4.69, 9.17) is 23.2 Å². The lowest BCUT2D eigenvalue weighted by molar-refractivity contribution is -0.113. The number of rotatable bonds is 5. The summed E-state index contributed by atoms with van der Waals surface area (Å²) in [5.41, 5.74) is 4.50. The van der Waals surface area contributed by atoms with Gasteiger partial charge in [-0.15, -0.1) is 11.8 Å². The lowest BCUT2D eigenvalue weighted by Gasteiger charge is -2.11. The number of aryl methyl sites for hydroxylation is 2. The second-order valence-electron chi connectivity index (χ2n) is 6.35. The topological polar surface area (TPSA) is 29.1 Å². The van der Waals surface area contributed by atoms with Gasteiger partial charge in [-0.1, -0.05) is 53.5 Å². The summed E-state index contributed by atoms with van der Waals surface area (Å²) in [7, 11) is 0. The summed E-state index contributed by atoms with van der Waals surface area (Å²) in [5.74, 6) is 0.942. The third kappa shape index (κ3) is 3.44. The van der Waals surface area contributed by atoms with Gasteiger partial charge in [0.2, 0.25) is 5.91 Å². The van der Waals surface area contributed by atoms with E-state index in [9.17, 15) is 4.79 Å². The molecule has 0 unspecified atom stereocenters. The quantitative estimate of drug-likeness (QED) is 0.557. The number of amides is 1. The summed E-state index contributed by atoms with van der Waals surface area (Å²) < 4.78 is 0. The van der Waals surface area contributed by atoms with Crippen molar-refractivity contribution < 1.29 is 4.79 Å². The van der Waals surface area contributed by atoms with Crippen LogP contribution in [0.4, 0.5) is 5.69 Å². The molecule has 26 heavy (non-hydrogen) atoms. The second kappa shape index (κ2) is 7.51.